The number of ether oxygens (including phenoxy) is 1. The van der Waals surface area contributed by atoms with Crippen LogP contribution >= 0.6 is 27.5 Å². The Balaban J connectivity index is 2.55. The maximum atomic E-state index is 11.1. The fraction of sp³-hybridized carbons (Fsp3) is 0.364. The zero-order valence-corrected chi connectivity index (χ0v) is 11.4. The van der Waals surface area contributed by atoms with Crippen LogP contribution in [-0.4, -0.2) is 24.5 Å². The van der Waals surface area contributed by atoms with Crippen molar-refractivity contribution in [3.05, 3.63) is 28.8 Å². The van der Waals surface area contributed by atoms with E-state index < -0.39 is 0 Å². The highest BCUT2D eigenvalue weighted by atomic mass is 79.9. The zero-order valence-electron chi connectivity index (χ0n) is 9.09. The van der Waals surface area contributed by atoms with Gasteiger partial charge in [-0.1, -0.05) is 33.6 Å². The van der Waals surface area contributed by atoms with Gasteiger partial charge in [0.1, 0.15) is 4.83 Å². The smallest absolute Gasteiger partial charge is 0.321 e. The van der Waals surface area contributed by atoms with Gasteiger partial charge in [-0.25, -0.2) is 0 Å². The molecule has 1 aromatic rings. The first-order valence-corrected chi connectivity index (χ1v) is 6.06. The van der Waals surface area contributed by atoms with Gasteiger partial charge in [-0.05, 0) is 24.6 Å². The Morgan fingerprint density at radius 3 is 2.88 bits per heavy atom. The molecular weight excluding hydrogens is 293 g/mol. The third-order valence-electron chi connectivity index (χ3n) is 2.11. The van der Waals surface area contributed by atoms with Crippen molar-refractivity contribution in [2.45, 2.75) is 11.8 Å². The summed E-state index contributed by atoms with van der Waals surface area (Å²) in [5, 5.41) is 3.80. The largest absolute Gasteiger partial charge is 0.468 e. The summed E-state index contributed by atoms with van der Waals surface area (Å²) < 4.78 is 4.59. The van der Waals surface area contributed by atoms with E-state index in [9.17, 15) is 4.79 Å². The van der Waals surface area contributed by atoms with Gasteiger partial charge in [-0.3, -0.25) is 4.79 Å². The lowest BCUT2D eigenvalue weighted by Gasteiger charge is -2.11. The molecule has 0 aliphatic heterocycles. The fourth-order valence-corrected chi connectivity index (χ4v) is 1.65. The third kappa shape index (κ3) is 3.68. The lowest BCUT2D eigenvalue weighted by atomic mass is 10.2. The Kier molecular flexibility index (Phi) is 5.09. The van der Waals surface area contributed by atoms with Crippen LogP contribution in [0, 0.1) is 6.92 Å². The number of rotatable bonds is 4. The number of carbonyl (C=O) groups excluding carboxylic acids is 1. The molecule has 0 radical (unpaired) electrons. The van der Waals surface area contributed by atoms with Gasteiger partial charge in [0.15, 0.2) is 0 Å². The monoisotopic (exact) mass is 305 g/mol. The molecule has 1 N–H and O–H groups in total. The number of benzene rings is 1. The molecule has 1 rings (SSSR count). The minimum Gasteiger partial charge on any atom is -0.468 e. The fourth-order valence-electron chi connectivity index (χ4n) is 1.12. The second kappa shape index (κ2) is 6.11. The number of nitrogens with one attached hydrogen (secondary N) is 1. The van der Waals surface area contributed by atoms with Crippen molar-refractivity contribution < 1.29 is 9.53 Å². The molecule has 0 aliphatic carbocycles. The Morgan fingerprint density at radius 1 is 1.62 bits per heavy atom. The first kappa shape index (κ1) is 13.3. The van der Waals surface area contributed by atoms with E-state index in [1.54, 1.807) is 0 Å². The van der Waals surface area contributed by atoms with Crippen LogP contribution in [0.3, 0.4) is 0 Å². The first-order valence-electron chi connectivity index (χ1n) is 4.76. The van der Waals surface area contributed by atoms with Gasteiger partial charge in [0.25, 0.3) is 0 Å². The molecular formula is C11H13BrClNO2. The Morgan fingerprint density at radius 2 is 2.31 bits per heavy atom. The highest BCUT2D eigenvalue weighted by Gasteiger charge is 2.14. The predicted octanol–water partition coefficient (Wildman–Crippen LogP) is 3.00. The van der Waals surface area contributed by atoms with E-state index in [0.29, 0.717) is 11.6 Å². The highest BCUT2D eigenvalue weighted by molar-refractivity contribution is 9.10. The predicted molar refractivity (Wildman–Crippen MR) is 69.4 cm³/mol. The maximum Gasteiger partial charge on any atom is 0.321 e. The number of methoxy groups -OCH3 is 1. The summed E-state index contributed by atoms with van der Waals surface area (Å²) in [4.78, 5) is 10.8. The van der Waals surface area contributed by atoms with Crippen LogP contribution in [-0.2, 0) is 9.53 Å². The average Bonchev–Trinajstić information content (AvgIpc) is 2.29. The van der Waals surface area contributed by atoms with E-state index in [2.05, 4.69) is 26.0 Å². The number of carbonyl (C=O) groups is 1. The standard InChI is InChI=1S/C11H13BrClNO2/c1-7-3-4-8(5-10(7)13)14-6-9(12)11(15)16-2/h3-5,9,14H,6H2,1-2H3. The molecule has 16 heavy (non-hydrogen) atoms. The van der Waals surface area contributed by atoms with Crippen molar-refractivity contribution in [3.63, 3.8) is 0 Å². The minimum atomic E-state index is -0.363. The number of aryl methyl sites for hydroxylation is 1. The molecule has 88 valence electrons. The zero-order chi connectivity index (χ0) is 12.1. The van der Waals surface area contributed by atoms with Crippen LogP contribution in [0.25, 0.3) is 0 Å². The molecule has 0 heterocycles. The Hall–Kier alpha value is -0.740. The van der Waals surface area contributed by atoms with Crippen molar-refractivity contribution in [3.8, 4) is 0 Å². The molecule has 3 nitrogen and oxygen atoms in total. The SMILES string of the molecule is COC(=O)C(Br)CNc1ccc(C)c(Cl)c1. The normalized spacial score (nSPS) is 12.0. The summed E-state index contributed by atoms with van der Waals surface area (Å²) in [5.74, 6) is -0.300. The quantitative estimate of drug-likeness (QED) is 0.686. The number of hydrogen-bond acceptors (Lipinski definition) is 3. The lowest BCUT2D eigenvalue weighted by molar-refractivity contribution is -0.139. The summed E-state index contributed by atoms with van der Waals surface area (Å²) in [6.45, 7) is 2.39. The Bertz CT molecular complexity index is 384. The molecule has 0 saturated heterocycles. The van der Waals surface area contributed by atoms with Crippen molar-refractivity contribution in [1.82, 2.24) is 0 Å². The van der Waals surface area contributed by atoms with E-state index in [0.717, 1.165) is 11.3 Å². The maximum absolute atomic E-state index is 11.1. The van der Waals surface area contributed by atoms with Crippen LogP contribution in [0.5, 0.6) is 0 Å². The summed E-state index contributed by atoms with van der Waals surface area (Å²) >= 11 is 9.20. The minimum absolute atomic E-state index is 0.300. The molecule has 1 atom stereocenters. The Labute approximate surface area is 108 Å². The lowest BCUT2D eigenvalue weighted by Crippen LogP contribution is -2.24. The van der Waals surface area contributed by atoms with E-state index in [-0.39, 0.29) is 10.8 Å². The highest BCUT2D eigenvalue weighted by Crippen LogP contribution is 2.20. The molecule has 5 heteroatoms. The van der Waals surface area contributed by atoms with Gasteiger partial charge in [0.2, 0.25) is 0 Å². The van der Waals surface area contributed by atoms with Crippen LogP contribution in [0.1, 0.15) is 5.56 Å². The van der Waals surface area contributed by atoms with Crippen molar-refractivity contribution in [1.29, 1.82) is 0 Å². The van der Waals surface area contributed by atoms with Crippen LogP contribution in [0.4, 0.5) is 5.69 Å². The summed E-state index contributed by atoms with van der Waals surface area (Å²) in [7, 11) is 1.36. The van der Waals surface area contributed by atoms with Crippen LogP contribution in [0.2, 0.25) is 5.02 Å². The van der Waals surface area contributed by atoms with Gasteiger partial charge >= 0.3 is 5.97 Å². The summed E-state index contributed by atoms with van der Waals surface area (Å²) in [6.07, 6.45) is 0. The second-order valence-corrected chi connectivity index (χ2v) is 4.85. The molecule has 1 unspecified atom stereocenters. The van der Waals surface area contributed by atoms with E-state index in [4.69, 9.17) is 11.6 Å². The molecule has 1 aromatic carbocycles. The third-order valence-corrected chi connectivity index (χ3v) is 3.22. The molecule has 0 bridgehead atoms. The number of hydrogen-bond donors (Lipinski definition) is 1. The van der Waals surface area contributed by atoms with E-state index in [1.807, 2.05) is 25.1 Å². The van der Waals surface area contributed by atoms with E-state index in [1.165, 1.54) is 7.11 Å². The topological polar surface area (TPSA) is 38.3 Å². The molecule has 0 spiro atoms. The van der Waals surface area contributed by atoms with Gasteiger partial charge in [-0.15, -0.1) is 0 Å². The summed E-state index contributed by atoms with van der Waals surface area (Å²) in [5.41, 5.74) is 1.90. The van der Waals surface area contributed by atoms with Gasteiger partial charge < -0.3 is 10.1 Å². The molecule has 0 saturated carbocycles. The van der Waals surface area contributed by atoms with Crippen molar-refractivity contribution >= 4 is 39.2 Å². The molecule has 0 aromatic heterocycles. The second-order valence-electron chi connectivity index (χ2n) is 3.34. The van der Waals surface area contributed by atoms with Gasteiger partial charge in [0.05, 0.1) is 7.11 Å². The van der Waals surface area contributed by atoms with Gasteiger partial charge in [0, 0.05) is 17.3 Å². The number of anilines is 1. The van der Waals surface area contributed by atoms with Crippen LogP contribution < -0.4 is 5.32 Å². The van der Waals surface area contributed by atoms with Crippen molar-refractivity contribution in [2.24, 2.45) is 0 Å². The average molecular weight is 307 g/mol. The molecule has 0 aliphatic rings. The van der Waals surface area contributed by atoms with E-state index >= 15 is 0 Å². The van der Waals surface area contributed by atoms with Crippen molar-refractivity contribution in [2.75, 3.05) is 19.0 Å². The van der Waals surface area contributed by atoms with Crippen LogP contribution in [0.15, 0.2) is 18.2 Å². The number of esters is 1. The number of alkyl halides is 1. The molecule has 0 amide bonds. The van der Waals surface area contributed by atoms with Gasteiger partial charge in [-0.2, -0.15) is 0 Å². The number of halogens is 2. The molecule has 0 fully saturated rings. The first-order chi connectivity index (χ1) is 7.54. The summed E-state index contributed by atoms with van der Waals surface area (Å²) in [6, 6.07) is 5.66.